The van der Waals surface area contributed by atoms with Crippen molar-refractivity contribution in [2.24, 2.45) is 5.92 Å². The standard InChI is InChI=1S/C28H31F4N5O4/c1-17(16-33-21-10-12-22(13-11-21)40-28(30,31)32)34-25(38)23(14-18-6-3-2-4-7-18)35-26(39)27-36-24(37-41-27)19-8-5-9-20(29)15-19/h5,8-13,15,17-18,23,33H,2-4,6-7,14,16H2,1H3,(H,34,38)(H,35,39)/t17-,23-/m0/s1. The second-order valence-electron chi connectivity index (χ2n) is 10.1. The summed E-state index contributed by atoms with van der Waals surface area (Å²) in [7, 11) is 0. The number of aromatic nitrogens is 2. The largest absolute Gasteiger partial charge is 0.573 e. The second-order valence-corrected chi connectivity index (χ2v) is 10.1. The number of nitrogens with zero attached hydrogens (tertiary/aromatic N) is 2. The molecule has 0 saturated heterocycles. The van der Waals surface area contributed by atoms with Gasteiger partial charge < -0.3 is 25.2 Å². The molecule has 1 aliphatic rings. The van der Waals surface area contributed by atoms with E-state index in [0.717, 1.165) is 32.1 Å². The quantitative estimate of drug-likeness (QED) is 0.259. The molecule has 13 heteroatoms. The fourth-order valence-electron chi connectivity index (χ4n) is 4.71. The highest BCUT2D eigenvalue weighted by Crippen LogP contribution is 2.28. The van der Waals surface area contributed by atoms with Crippen molar-refractivity contribution in [3.8, 4) is 17.1 Å². The summed E-state index contributed by atoms with van der Waals surface area (Å²) in [4.78, 5) is 30.3. The molecule has 1 aliphatic carbocycles. The average Bonchev–Trinajstić information content (AvgIpc) is 3.43. The minimum absolute atomic E-state index is 0.0423. The predicted molar refractivity (Wildman–Crippen MR) is 141 cm³/mol. The number of nitrogens with one attached hydrogen (secondary N) is 3. The number of hydrogen-bond acceptors (Lipinski definition) is 7. The highest BCUT2D eigenvalue weighted by atomic mass is 19.4. The van der Waals surface area contributed by atoms with Gasteiger partial charge in [0.05, 0.1) is 0 Å². The molecular weight excluding hydrogens is 546 g/mol. The maximum Gasteiger partial charge on any atom is 0.573 e. The number of ether oxygens (including phenoxy) is 1. The molecule has 220 valence electrons. The zero-order chi connectivity index (χ0) is 29.4. The van der Waals surface area contributed by atoms with Gasteiger partial charge in [-0.25, -0.2) is 4.39 Å². The van der Waals surface area contributed by atoms with Gasteiger partial charge in [-0.05, 0) is 55.7 Å². The second kappa shape index (κ2) is 13.5. The molecule has 0 aliphatic heterocycles. The molecule has 0 unspecified atom stereocenters. The van der Waals surface area contributed by atoms with Crippen molar-refractivity contribution in [3.63, 3.8) is 0 Å². The molecule has 2 atom stereocenters. The van der Waals surface area contributed by atoms with E-state index in [0.29, 0.717) is 17.7 Å². The van der Waals surface area contributed by atoms with Crippen LogP contribution in [0.15, 0.2) is 53.1 Å². The highest BCUT2D eigenvalue weighted by Gasteiger charge is 2.31. The maximum absolute atomic E-state index is 13.6. The van der Waals surface area contributed by atoms with Gasteiger partial charge in [0.2, 0.25) is 11.7 Å². The Hall–Kier alpha value is -4.16. The fourth-order valence-corrected chi connectivity index (χ4v) is 4.71. The van der Waals surface area contributed by atoms with Crippen molar-refractivity contribution >= 4 is 17.5 Å². The molecule has 0 spiro atoms. The molecule has 3 aromatic rings. The Kier molecular flexibility index (Phi) is 9.79. The van der Waals surface area contributed by atoms with Gasteiger partial charge in [-0.15, -0.1) is 13.2 Å². The molecule has 1 fully saturated rings. The minimum atomic E-state index is -4.77. The lowest BCUT2D eigenvalue weighted by Gasteiger charge is -2.27. The summed E-state index contributed by atoms with van der Waals surface area (Å²) in [5.41, 5.74) is 0.881. The first-order chi connectivity index (χ1) is 19.6. The van der Waals surface area contributed by atoms with Crippen LogP contribution in [0.3, 0.4) is 0 Å². The van der Waals surface area contributed by atoms with E-state index in [-0.39, 0.29) is 36.0 Å². The lowest BCUT2D eigenvalue weighted by atomic mass is 9.84. The molecule has 0 radical (unpaired) electrons. The fraction of sp³-hybridized carbons (Fsp3) is 0.429. The number of alkyl halides is 3. The first-order valence-electron chi connectivity index (χ1n) is 13.4. The van der Waals surface area contributed by atoms with Gasteiger partial charge in [0.25, 0.3) is 0 Å². The summed E-state index contributed by atoms with van der Waals surface area (Å²) >= 11 is 0. The summed E-state index contributed by atoms with van der Waals surface area (Å²) in [6.45, 7) is 2.03. The Morgan fingerprint density at radius 2 is 1.80 bits per heavy atom. The normalized spacial score (nSPS) is 15.5. The Labute approximate surface area is 234 Å². The zero-order valence-electron chi connectivity index (χ0n) is 22.3. The summed E-state index contributed by atoms with van der Waals surface area (Å²) in [6.07, 6.45) is 0.815. The van der Waals surface area contributed by atoms with Crippen LogP contribution in [0.4, 0.5) is 23.2 Å². The third kappa shape index (κ3) is 9.19. The van der Waals surface area contributed by atoms with Crippen molar-refractivity contribution in [1.82, 2.24) is 20.8 Å². The highest BCUT2D eigenvalue weighted by molar-refractivity contribution is 5.94. The van der Waals surface area contributed by atoms with Crippen LogP contribution in [0.1, 0.15) is 56.1 Å². The minimum Gasteiger partial charge on any atom is -0.406 e. The van der Waals surface area contributed by atoms with Crippen LogP contribution in [-0.4, -0.2) is 46.9 Å². The van der Waals surface area contributed by atoms with Crippen molar-refractivity contribution < 1.29 is 36.4 Å². The van der Waals surface area contributed by atoms with Crippen molar-refractivity contribution in [2.45, 2.75) is 63.9 Å². The van der Waals surface area contributed by atoms with Gasteiger partial charge in [-0.3, -0.25) is 9.59 Å². The van der Waals surface area contributed by atoms with Gasteiger partial charge in [-0.1, -0.05) is 49.4 Å². The van der Waals surface area contributed by atoms with Crippen LogP contribution in [0.25, 0.3) is 11.4 Å². The summed E-state index contributed by atoms with van der Waals surface area (Å²) < 4.78 is 59.6. The number of rotatable bonds is 11. The Morgan fingerprint density at radius 3 is 2.49 bits per heavy atom. The van der Waals surface area contributed by atoms with E-state index < -0.39 is 30.0 Å². The Bertz CT molecular complexity index is 1310. The van der Waals surface area contributed by atoms with Crippen LogP contribution >= 0.6 is 0 Å². The first-order valence-corrected chi connectivity index (χ1v) is 13.4. The Balaban J connectivity index is 1.36. The van der Waals surface area contributed by atoms with E-state index in [1.54, 1.807) is 13.0 Å². The third-order valence-electron chi connectivity index (χ3n) is 6.71. The first kappa shape index (κ1) is 29.8. The van der Waals surface area contributed by atoms with E-state index in [1.807, 2.05) is 0 Å². The average molecular weight is 578 g/mol. The lowest BCUT2D eigenvalue weighted by Crippen LogP contribution is -2.51. The number of carbonyl (C=O) groups is 2. The molecule has 1 aromatic heterocycles. The number of anilines is 1. The summed E-state index contributed by atoms with van der Waals surface area (Å²) in [6, 6.07) is 9.54. The van der Waals surface area contributed by atoms with Crippen molar-refractivity contribution in [3.05, 3.63) is 60.2 Å². The molecule has 2 amide bonds. The van der Waals surface area contributed by atoms with E-state index in [2.05, 4.69) is 30.8 Å². The SMILES string of the molecule is C[C@@H](CNc1ccc(OC(F)(F)F)cc1)NC(=O)[C@H](CC1CCCCC1)NC(=O)c1nc(-c2cccc(F)c2)no1. The molecule has 9 nitrogen and oxygen atoms in total. The van der Waals surface area contributed by atoms with E-state index in [9.17, 15) is 27.2 Å². The van der Waals surface area contributed by atoms with Crippen molar-refractivity contribution in [2.75, 3.05) is 11.9 Å². The molecular formula is C28H31F4N5O4. The molecule has 2 aromatic carbocycles. The monoisotopic (exact) mass is 577 g/mol. The lowest BCUT2D eigenvalue weighted by molar-refractivity contribution is -0.274. The van der Waals surface area contributed by atoms with E-state index in [1.165, 1.54) is 42.5 Å². The molecule has 4 rings (SSSR count). The number of benzene rings is 2. The summed E-state index contributed by atoms with van der Waals surface area (Å²) in [5, 5.41) is 12.4. The Morgan fingerprint density at radius 1 is 1.07 bits per heavy atom. The topological polar surface area (TPSA) is 118 Å². The smallest absolute Gasteiger partial charge is 0.406 e. The van der Waals surface area contributed by atoms with E-state index >= 15 is 0 Å². The summed E-state index contributed by atoms with van der Waals surface area (Å²) in [5.74, 6) is -1.98. The van der Waals surface area contributed by atoms with Gasteiger partial charge in [-0.2, -0.15) is 4.98 Å². The molecule has 3 N–H and O–H groups in total. The van der Waals surface area contributed by atoms with Crippen LogP contribution in [-0.2, 0) is 4.79 Å². The van der Waals surface area contributed by atoms with Gasteiger partial charge in [0, 0.05) is 23.8 Å². The van der Waals surface area contributed by atoms with Crippen LogP contribution in [0.5, 0.6) is 5.75 Å². The third-order valence-corrected chi connectivity index (χ3v) is 6.71. The van der Waals surface area contributed by atoms with Gasteiger partial charge in [0.1, 0.15) is 17.6 Å². The number of halogens is 4. The molecule has 1 saturated carbocycles. The van der Waals surface area contributed by atoms with Gasteiger partial charge >= 0.3 is 18.2 Å². The molecule has 0 bridgehead atoms. The van der Waals surface area contributed by atoms with E-state index in [4.69, 9.17) is 4.52 Å². The number of amides is 2. The maximum atomic E-state index is 13.6. The van der Waals surface area contributed by atoms with Gasteiger partial charge in [0.15, 0.2) is 0 Å². The zero-order valence-corrected chi connectivity index (χ0v) is 22.3. The van der Waals surface area contributed by atoms with Crippen LogP contribution in [0.2, 0.25) is 0 Å². The van der Waals surface area contributed by atoms with Crippen molar-refractivity contribution in [1.29, 1.82) is 0 Å². The number of carbonyl (C=O) groups excluding carboxylic acids is 2. The predicted octanol–water partition coefficient (Wildman–Crippen LogP) is 5.46. The molecule has 1 heterocycles. The number of hydrogen-bond donors (Lipinski definition) is 3. The van der Waals surface area contributed by atoms with Crippen LogP contribution < -0.4 is 20.7 Å². The molecule has 41 heavy (non-hydrogen) atoms. The van der Waals surface area contributed by atoms with Crippen LogP contribution in [0, 0.1) is 11.7 Å².